The van der Waals surface area contributed by atoms with Crippen LogP contribution in [0.4, 0.5) is 0 Å². The van der Waals surface area contributed by atoms with E-state index in [1.165, 1.54) is 51.4 Å². The molecule has 1 N–H and O–H groups in total. The molecule has 0 bridgehead atoms. The van der Waals surface area contributed by atoms with E-state index in [2.05, 4.69) is 26.2 Å². The molecule has 0 aromatic carbocycles. The second-order valence-corrected chi connectivity index (χ2v) is 6.41. The van der Waals surface area contributed by atoms with Crippen LogP contribution < -0.4 is 5.32 Å². The summed E-state index contributed by atoms with van der Waals surface area (Å²) in [5.41, 5.74) is 0. The fourth-order valence-corrected chi connectivity index (χ4v) is 4.64. The van der Waals surface area contributed by atoms with Gasteiger partial charge in [0.05, 0.1) is 0 Å². The molecule has 17 heavy (non-hydrogen) atoms. The fraction of sp³-hybridized carbons (Fsp3) is 1.00. The van der Waals surface area contributed by atoms with Gasteiger partial charge in [0.15, 0.2) is 0 Å². The lowest BCUT2D eigenvalue weighted by atomic mass is 9.65. The predicted octanol–water partition coefficient (Wildman–Crippen LogP) is 4.23. The monoisotopic (exact) mass is 237 g/mol. The Morgan fingerprint density at radius 3 is 2.06 bits per heavy atom. The van der Waals surface area contributed by atoms with Crippen LogP contribution in [0.25, 0.3) is 0 Å². The zero-order valence-electron chi connectivity index (χ0n) is 12.0. The zero-order valence-corrected chi connectivity index (χ0v) is 12.0. The van der Waals surface area contributed by atoms with Gasteiger partial charge in [-0.3, -0.25) is 0 Å². The SMILES string of the molecule is CCC1C[C@@H](NC)[C@H](C2CCCC2)CC1CC. The van der Waals surface area contributed by atoms with Gasteiger partial charge < -0.3 is 5.32 Å². The van der Waals surface area contributed by atoms with Gasteiger partial charge in [-0.05, 0) is 43.6 Å². The van der Waals surface area contributed by atoms with E-state index in [0.29, 0.717) is 0 Å². The van der Waals surface area contributed by atoms with E-state index in [4.69, 9.17) is 0 Å². The molecule has 0 saturated heterocycles. The van der Waals surface area contributed by atoms with Crippen LogP contribution in [0.1, 0.15) is 65.2 Å². The Hall–Kier alpha value is -0.0400. The van der Waals surface area contributed by atoms with Crippen molar-refractivity contribution in [2.75, 3.05) is 7.05 Å². The third kappa shape index (κ3) is 2.86. The average Bonchev–Trinajstić information content (AvgIpc) is 2.90. The summed E-state index contributed by atoms with van der Waals surface area (Å²) in [6, 6.07) is 0.811. The van der Waals surface area contributed by atoms with E-state index in [1.807, 2.05) is 0 Å². The second kappa shape index (κ2) is 6.22. The van der Waals surface area contributed by atoms with Gasteiger partial charge in [0.25, 0.3) is 0 Å². The van der Waals surface area contributed by atoms with E-state index in [1.54, 1.807) is 0 Å². The Labute approximate surface area is 108 Å². The topological polar surface area (TPSA) is 12.0 Å². The third-order valence-corrected chi connectivity index (χ3v) is 5.74. The fourth-order valence-electron chi connectivity index (χ4n) is 4.64. The van der Waals surface area contributed by atoms with Crippen LogP contribution in [0.3, 0.4) is 0 Å². The standard InChI is InChI=1S/C16H31N/c1-4-12-10-15(14-8-6-7-9-14)16(17-3)11-13(12)5-2/h12-17H,4-11H2,1-3H3/t12?,13?,15-,16+/m0/s1. The lowest BCUT2D eigenvalue weighted by Crippen LogP contribution is -2.45. The summed E-state index contributed by atoms with van der Waals surface area (Å²) in [5, 5.41) is 3.64. The Morgan fingerprint density at radius 1 is 0.941 bits per heavy atom. The summed E-state index contributed by atoms with van der Waals surface area (Å²) in [7, 11) is 2.19. The average molecular weight is 237 g/mol. The van der Waals surface area contributed by atoms with Crippen LogP contribution in [0.15, 0.2) is 0 Å². The summed E-state index contributed by atoms with van der Waals surface area (Å²) < 4.78 is 0. The van der Waals surface area contributed by atoms with Crippen LogP contribution in [0, 0.1) is 23.7 Å². The maximum absolute atomic E-state index is 3.64. The molecule has 2 fully saturated rings. The Kier molecular flexibility index (Phi) is 4.90. The van der Waals surface area contributed by atoms with Crippen LogP contribution in [0.5, 0.6) is 0 Å². The molecule has 0 amide bonds. The first-order valence-electron chi connectivity index (χ1n) is 7.97. The molecule has 2 aliphatic carbocycles. The van der Waals surface area contributed by atoms with Crippen molar-refractivity contribution in [1.82, 2.24) is 5.32 Å². The van der Waals surface area contributed by atoms with Crippen LogP contribution in [0.2, 0.25) is 0 Å². The predicted molar refractivity (Wildman–Crippen MR) is 75.1 cm³/mol. The Bertz CT molecular complexity index is 220. The van der Waals surface area contributed by atoms with Crippen molar-refractivity contribution < 1.29 is 0 Å². The van der Waals surface area contributed by atoms with Crippen LogP contribution in [-0.4, -0.2) is 13.1 Å². The van der Waals surface area contributed by atoms with Gasteiger partial charge in [0.2, 0.25) is 0 Å². The molecule has 2 aliphatic rings. The van der Waals surface area contributed by atoms with E-state index in [9.17, 15) is 0 Å². The quantitative estimate of drug-likeness (QED) is 0.771. The first-order valence-corrected chi connectivity index (χ1v) is 7.97. The van der Waals surface area contributed by atoms with Gasteiger partial charge >= 0.3 is 0 Å². The summed E-state index contributed by atoms with van der Waals surface area (Å²) in [4.78, 5) is 0. The molecule has 4 atom stereocenters. The van der Waals surface area contributed by atoms with Crippen LogP contribution in [-0.2, 0) is 0 Å². The van der Waals surface area contributed by atoms with Gasteiger partial charge in [0.1, 0.15) is 0 Å². The lowest BCUT2D eigenvalue weighted by Gasteiger charge is -2.43. The first-order chi connectivity index (χ1) is 8.30. The second-order valence-electron chi connectivity index (χ2n) is 6.41. The van der Waals surface area contributed by atoms with Gasteiger partial charge in [-0.25, -0.2) is 0 Å². The smallest absolute Gasteiger partial charge is 0.00978 e. The van der Waals surface area contributed by atoms with Crippen molar-refractivity contribution >= 4 is 0 Å². The number of nitrogens with one attached hydrogen (secondary N) is 1. The zero-order chi connectivity index (χ0) is 12.3. The van der Waals surface area contributed by atoms with E-state index >= 15 is 0 Å². The van der Waals surface area contributed by atoms with E-state index in [-0.39, 0.29) is 0 Å². The normalized spacial score (nSPS) is 39.7. The van der Waals surface area contributed by atoms with Gasteiger partial charge in [-0.2, -0.15) is 0 Å². The molecule has 2 unspecified atom stereocenters. The highest BCUT2D eigenvalue weighted by Crippen LogP contribution is 2.45. The molecule has 0 heterocycles. The number of hydrogen-bond acceptors (Lipinski definition) is 1. The summed E-state index contributed by atoms with van der Waals surface area (Å²) >= 11 is 0. The molecule has 100 valence electrons. The molecule has 0 spiro atoms. The van der Waals surface area contributed by atoms with Crippen molar-refractivity contribution in [2.24, 2.45) is 23.7 Å². The molecule has 2 saturated carbocycles. The van der Waals surface area contributed by atoms with Gasteiger partial charge in [-0.1, -0.05) is 52.4 Å². The van der Waals surface area contributed by atoms with Crippen LogP contribution >= 0.6 is 0 Å². The Balaban J connectivity index is 2.03. The van der Waals surface area contributed by atoms with Crippen molar-refractivity contribution in [2.45, 2.75) is 71.3 Å². The van der Waals surface area contributed by atoms with E-state index < -0.39 is 0 Å². The number of rotatable bonds is 4. The van der Waals surface area contributed by atoms with Crippen molar-refractivity contribution in [3.05, 3.63) is 0 Å². The van der Waals surface area contributed by atoms with Crippen molar-refractivity contribution in [1.29, 1.82) is 0 Å². The molecule has 1 nitrogen and oxygen atoms in total. The molecule has 1 heteroatoms. The highest BCUT2D eigenvalue weighted by molar-refractivity contribution is 4.92. The van der Waals surface area contributed by atoms with Gasteiger partial charge in [0, 0.05) is 6.04 Å². The maximum Gasteiger partial charge on any atom is 0.00978 e. The summed E-state index contributed by atoms with van der Waals surface area (Å²) in [6.07, 6.45) is 11.7. The third-order valence-electron chi connectivity index (χ3n) is 5.74. The van der Waals surface area contributed by atoms with Crippen molar-refractivity contribution in [3.8, 4) is 0 Å². The van der Waals surface area contributed by atoms with E-state index in [0.717, 1.165) is 29.7 Å². The lowest BCUT2D eigenvalue weighted by molar-refractivity contribution is 0.0934. The molecular weight excluding hydrogens is 206 g/mol. The van der Waals surface area contributed by atoms with Gasteiger partial charge in [-0.15, -0.1) is 0 Å². The van der Waals surface area contributed by atoms with Crippen molar-refractivity contribution in [3.63, 3.8) is 0 Å². The summed E-state index contributed by atoms with van der Waals surface area (Å²) in [5.74, 6) is 4.01. The highest BCUT2D eigenvalue weighted by Gasteiger charge is 2.39. The minimum atomic E-state index is 0.811. The largest absolute Gasteiger partial charge is 0.317 e. The Morgan fingerprint density at radius 2 is 1.53 bits per heavy atom. The number of hydrogen-bond donors (Lipinski definition) is 1. The molecule has 0 aliphatic heterocycles. The maximum atomic E-state index is 3.64. The highest BCUT2D eigenvalue weighted by atomic mass is 14.9. The first kappa shape index (κ1) is 13.4. The molecular formula is C16H31N. The molecule has 0 aromatic heterocycles. The molecule has 0 aromatic rings. The molecule has 0 radical (unpaired) electrons. The summed E-state index contributed by atoms with van der Waals surface area (Å²) in [6.45, 7) is 4.79. The molecule has 2 rings (SSSR count). The minimum Gasteiger partial charge on any atom is -0.317 e. The minimum absolute atomic E-state index is 0.811.